The van der Waals surface area contributed by atoms with E-state index in [0.29, 0.717) is 23.4 Å². The molecular weight excluding hydrogens is 408 g/mol. The maximum absolute atomic E-state index is 12.7. The zero-order valence-corrected chi connectivity index (χ0v) is 16.6. The van der Waals surface area contributed by atoms with Gasteiger partial charge in [-0.15, -0.1) is 0 Å². The first-order valence-corrected chi connectivity index (χ1v) is 9.29. The van der Waals surface area contributed by atoms with Crippen LogP contribution in [-0.2, 0) is 0 Å². The van der Waals surface area contributed by atoms with Crippen LogP contribution in [0.4, 0.5) is 5.69 Å². The van der Waals surface area contributed by atoms with Crippen LogP contribution in [0.25, 0.3) is 5.69 Å². The molecule has 0 saturated carbocycles. The van der Waals surface area contributed by atoms with Crippen molar-refractivity contribution in [2.45, 2.75) is 13.8 Å². The molecule has 2 N–H and O–H groups in total. The molecule has 0 aliphatic carbocycles. The summed E-state index contributed by atoms with van der Waals surface area (Å²) in [7, 11) is 0. The molecule has 0 saturated heterocycles. The minimum Gasteiger partial charge on any atom is -0.352 e. The first-order chi connectivity index (χ1) is 13.0. The summed E-state index contributed by atoms with van der Waals surface area (Å²) in [4.78, 5) is 24.6. The Hall–Kier alpha value is -2.93. The van der Waals surface area contributed by atoms with E-state index in [1.54, 1.807) is 35.1 Å². The number of hydrogen-bond donors (Lipinski definition) is 2. The molecule has 3 rings (SSSR count). The van der Waals surface area contributed by atoms with Crippen LogP contribution in [0.5, 0.6) is 0 Å². The van der Waals surface area contributed by atoms with Crippen LogP contribution in [0.3, 0.4) is 0 Å². The first-order valence-electron chi connectivity index (χ1n) is 8.49. The van der Waals surface area contributed by atoms with Gasteiger partial charge in [-0.25, -0.2) is 4.68 Å². The largest absolute Gasteiger partial charge is 0.352 e. The third-order valence-electron chi connectivity index (χ3n) is 4.05. The van der Waals surface area contributed by atoms with Gasteiger partial charge in [-0.3, -0.25) is 9.59 Å². The number of carbonyl (C=O) groups excluding carboxylic acids is 2. The summed E-state index contributed by atoms with van der Waals surface area (Å²) >= 11 is 3.41. The maximum atomic E-state index is 12.7. The fourth-order valence-corrected chi connectivity index (χ4v) is 2.94. The lowest BCUT2D eigenvalue weighted by molar-refractivity contribution is 0.0954. The van der Waals surface area contributed by atoms with E-state index in [1.807, 2.05) is 38.1 Å². The lowest BCUT2D eigenvalue weighted by atomic mass is 10.1. The van der Waals surface area contributed by atoms with Gasteiger partial charge in [-0.05, 0) is 56.3 Å². The molecule has 138 valence electrons. The molecule has 0 fully saturated rings. The van der Waals surface area contributed by atoms with Crippen LogP contribution in [0, 0.1) is 6.92 Å². The molecule has 1 aromatic heterocycles. The Morgan fingerprint density at radius 2 is 1.85 bits per heavy atom. The van der Waals surface area contributed by atoms with Gasteiger partial charge in [0, 0.05) is 22.3 Å². The highest BCUT2D eigenvalue weighted by Gasteiger charge is 2.16. The number of hydrogen-bond acceptors (Lipinski definition) is 3. The number of rotatable bonds is 5. The van der Waals surface area contributed by atoms with E-state index in [1.165, 1.54) is 0 Å². The summed E-state index contributed by atoms with van der Waals surface area (Å²) in [6, 6.07) is 14.5. The fraction of sp³-hybridized carbons (Fsp3) is 0.150. The number of nitrogens with one attached hydrogen (secondary N) is 2. The van der Waals surface area contributed by atoms with Gasteiger partial charge in [0.25, 0.3) is 11.8 Å². The highest BCUT2D eigenvalue weighted by Crippen LogP contribution is 2.19. The summed E-state index contributed by atoms with van der Waals surface area (Å²) in [5.74, 6) is -0.447. The van der Waals surface area contributed by atoms with Crippen molar-refractivity contribution in [1.82, 2.24) is 15.1 Å². The molecule has 2 amide bonds. The van der Waals surface area contributed by atoms with Crippen LogP contribution < -0.4 is 10.6 Å². The standard InChI is InChI=1S/C20H19BrN4O2/c1-3-22-19(26)14-5-4-6-16(11-14)24-20(27)18-12-23-25(13(18)2)17-9-7-15(21)8-10-17/h4-12H,3H2,1-2H3,(H,22,26)(H,24,27). The number of benzene rings is 2. The van der Waals surface area contributed by atoms with Crippen molar-refractivity contribution in [2.75, 3.05) is 11.9 Å². The van der Waals surface area contributed by atoms with E-state index < -0.39 is 0 Å². The first kappa shape index (κ1) is 18.8. The van der Waals surface area contributed by atoms with Crippen molar-refractivity contribution in [3.8, 4) is 5.69 Å². The van der Waals surface area contributed by atoms with Gasteiger partial charge >= 0.3 is 0 Å². The van der Waals surface area contributed by atoms with Crippen LogP contribution >= 0.6 is 15.9 Å². The Morgan fingerprint density at radius 1 is 1.11 bits per heavy atom. The summed E-state index contributed by atoms with van der Waals surface area (Å²) in [5.41, 5.74) is 3.13. The minimum atomic E-state index is -0.274. The van der Waals surface area contributed by atoms with E-state index in [4.69, 9.17) is 0 Å². The average molecular weight is 427 g/mol. The summed E-state index contributed by atoms with van der Waals surface area (Å²) < 4.78 is 2.69. The molecule has 0 aliphatic heterocycles. The van der Waals surface area contributed by atoms with Crippen LogP contribution in [0.1, 0.15) is 33.3 Å². The molecule has 0 atom stereocenters. The van der Waals surface area contributed by atoms with Crippen molar-refractivity contribution < 1.29 is 9.59 Å². The average Bonchev–Trinajstić information content (AvgIpc) is 3.04. The second-order valence-corrected chi connectivity index (χ2v) is 6.84. The molecular formula is C20H19BrN4O2. The molecule has 7 heteroatoms. The van der Waals surface area contributed by atoms with Gasteiger partial charge in [0.15, 0.2) is 0 Å². The third-order valence-corrected chi connectivity index (χ3v) is 4.57. The zero-order chi connectivity index (χ0) is 19.4. The molecule has 3 aromatic rings. The molecule has 2 aromatic carbocycles. The number of anilines is 1. The van der Waals surface area contributed by atoms with E-state index in [9.17, 15) is 9.59 Å². The maximum Gasteiger partial charge on any atom is 0.259 e. The predicted molar refractivity (Wildman–Crippen MR) is 108 cm³/mol. The highest BCUT2D eigenvalue weighted by molar-refractivity contribution is 9.10. The molecule has 0 spiro atoms. The lowest BCUT2D eigenvalue weighted by Gasteiger charge is -2.08. The third kappa shape index (κ3) is 4.25. The number of nitrogens with zero attached hydrogens (tertiary/aromatic N) is 2. The van der Waals surface area contributed by atoms with Gasteiger partial charge in [0.2, 0.25) is 0 Å². The molecule has 0 radical (unpaired) electrons. The van der Waals surface area contributed by atoms with Gasteiger partial charge in [-0.2, -0.15) is 5.10 Å². The lowest BCUT2D eigenvalue weighted by Crippen LogP contribution is -2.22. The fourth-order valence-electron chi connectivity index (χ4n) is 2.67. The molecule has 6 nitrogen and oxygen atoms in total. The van der Waals surface area contributed by atoms with Gasteiger partial charge < -0.3 is 10.6 Å². The van der Waals surface area contributed by atoms with E-state index in [2.05, 4.69) is 31.7 Å². The quantitative estimate of drug-likeness (QED) is 0.648. The Labute approximate surface area is 165 Å². The van der Waals surface area contributed by atoms with E-state index >= 15 is 0 Å². The Bertz CT molecular complexity index is 980. The van der Waals surface area contributed by atoms with Crippen molar-refractivity contribution >= 4 is 33.4 Å². The zero-order valence-electron chi connectivity index (χ0n) is 15.0. The molecule has 27 heavy (non-hydrogen) atoms. The van der Waals surface area contributed by atoms with Gasteiger partial charge in [-0.1, -0.05) is 22.0 Å². The smallest absolute Gasteiger partial charge is 0.259 e. The van der Waals surface area contributed by atoms with E-state index in [-0.39, 0.29) is 11.8 Å². The SMILES string of the molecule is CCNC(=O)c1cccc(NC(=O)c2cnn(-c3ccc(Br)cc3)c2C)c1. The van der Waals surface area contributed by atoms with Crippen molar-refractivity contribution in [3.05, 3.63) is 76.0 Å². The summed E-state index contributed by atoms with van der Waals surface area (Å²) in [6.45, 7) is 4.24. The van der Waals surface area contributed by atoms with Crippen molar-refractivity contribution in [2.24, 2.45) is 0 Å². The number of aromatic nitrogens is 2. The van der Waals surface area contributed by atoms with Crippen LogP contribution in [0.15, 0.2) is 59.2 Å². The molecule has 0 unspecified atom stereocenters. The van der Waals surface area contributed by atoms with Crippen LogP contribution in [0.2, 0.25) is 0 Å². The van der Waals surface area contributed by atoms with Gasteiger partial charge in [0.1, 0.15) is 0 Å². The predicted octanol–water partition coefficient (Wildman–Crippen LogP) is 3.95. The second-order valence-electron chi connectivity index (χ2n) is 5.93. The Balaban J connectivity index is 1.80. The summed E-state index contributed by atoms with van der Waals surface area (Å²) in [5, 5.41) is 9.90. The Kier molecular flexibility index (Phi) is 5.71. The van der Waals surface area contributed by atoms with E-state index in [0.717, 1.165) is 15.9 Å². The normalized spacial score (nSPS) is 10.5. The molecule has 1 heterocycles. The second kappa shape index (κ2) is 8.18. The number of halogens is 1. The van der Waals surface area contributed by atoms with Crippen LogP contribution in [-0.4, -0.2) is 28.1 Å². The topological polar surface area (TPSA) is 76.0 Å². The minimum absolute atomic E-state index is 0.173. The Morgan fingerprint density at radius 3 is 2.56 bits per heavy atom. The highest BCUT2D eigenvalue weighted by atomic mass is 79.9. The summed E-state index contributed by atoms with van der Waals surface area (Å²) in [6.07, 6.45) is 1.54. The van der Waals surface area contributed by atoms with Crippen molar-refractivity contribution in [3.63, 3.8) is 0 Å². The molecule has 0 aliphatic rings. The van der Waals surface area contributed by atoms with Crippen molar-refractivity contribution in [1.29, 1.82) is 0 Å². The number of carbonyl (C=O) groups is 2. The monoisotopic (exact) mass is 426 g/mol. The number of amides is 2. The van der Waals surface area contributed by atoms with Gasteiger partial charge in [0.05, 0.1) is 23.1 Å². The molecule has 0 bridgehead atoms.